The number of thiazole rings is 1. The number of benzene rings is 2. The second-order valence-electron chi connectivity index (χ2n) is 7.18. The molecule has 0 aliphatic carbocycles. The monoisotopic (exact) mass is 384 g/mol. The minimum atomic E-state index is 1.00. The molecule has 0 unspecified atom stereocenters. The summed E-state index contributed by atoms with van der Waals surface area (Å²) >= 11 is 1.82. The van der Waals surface area contributed by atoms with Crippen LogP contribution in [-0.2, 0) is 12.8 Å². The molecule has 140 valence electrons. The molecule has 0 aliphatic rings. The van der Waals surface area contributed by atoms with E-state index in [9.17, 15) is 0 Å². The summed E-state index contributed by atoms with van der Waals surface area (Å²) in [5.74, 6) is 0. The van der Waals surface area contributed by atoms with Crippen LogP contribution < -0.4 is 0 Å². The summed E-state index contributed by atoms with van der Waals surface area (Å²) in [4.78, 5) is 10.7. The van der Waals surface area contributed by atoms with Crippen LogP contribution in [0.4, 0.5) is 0 Å². The van der Waals surface area contributed by atoms with E-state index in [4.69, 9.17) is 4.98 Å². The van der Waals surface area contributed by atoms with Gasteiger partial charge in [0.2, 0.25) is 0 Å². The van der Waals surface area contributed by atoms with Crippen molar-refractivity contribution in [3.63, 3.8) is 0 Å². The van der Waals surface area contributed by atoms with Gasteiger partial charge in [-0.15, -0.1) is 11.3 Å². The van der Waals surface area contributed by atoms with Crippen molar-refractivity contribution < 1.29 is 0 Å². The van der Waals surface area contributed by atoms with Crippen LogP contribution in [0.15, 0.2) is 72.9 Å². The molecule has 0 atom stereocenters. The van der Waals surface area contributed by atoms with Crippen LogP contribution in [0.2, 0.25) is 0 Å². The lowest BCUT2D eigenvalue weighted by atomic mass is 10.0. The highest BCUT2D eigenvalue weighted by Crippen LogP contribution is 2.37. The molecule has 0 spiro atoms. The van der Waals surface area contributed by atoms with Crippen LogP contribution in [0.3, 0.4) is 0 Å². The summed E-state index contributed by atoms with van der Waals surface area (Å²) in [7, 11) is 0. The number of nitrogens with zero attached hydrogens (tertiary/aromatic N) is 2. The van der Waals surface area contributed by atoms with Gasteiger partial charge in [-0.05, 0) is 62.4 Å². The van der Waals surface area contributed by atoms with E-state index < -0.39 is 0 Å². The highest BCUT2D eigenvalue weighted by molar-refractivity contribution is 7.15. The number of rotatable bonds is 6. The summed E-state index contributed by atoms with van der Waals surface area (Å²) in [6.07, 6.45) is 5.09. The molecular weight excluding hydrogens is 360 g/mol. The average Bonchev–Trinajstić information content (AvgIpc) is 3.13. The first-order valence-corrected chi connectivity index (χ1v) is 10.5. The molecular formula is C25H24N2S. The van der Waals surface area contributed by atoms with Crippen molar-refractivity contribution in [2.75, 3.05) is 0 Å². The van der Waals surface area contributed by atoms with E-state index in [1.807, 2.05) is 24.5 Å². The highest BCUT2D eigenvalue weighted by atomic mass is 32.1. The van der Waals surface area contributed by atoms with Crippen LogP contribution >= 0.6 is 11.3 Å². The first-order valence-electron chi connectivity index (χ1n) is 9.73. The molecule has 3 heteroatoms. The third-order valence-corrected chi connectivity index (χ3v) is 5.98. The van der Waals surface area contributed by atoms with Gasteiger partial charge in [-0.2, -0.15) is 0 Å². The second-order valence-corrected chi connectivity index (χ2v) is 8.26. The van der Waals surface area contributed by atoms with E-state index in [2.05, 4.69) is 78.6 Å². The smallest absolute Gasteiger partial charge is 0.0939 e. The van der Waals surface area contributed by atoms with Gasteiger partial charge in [-0.3, -0.25) is 4.98 Å². The van der Waals surface area contributed by atoms with Gasteiger partial charge in [0.1, 0.15) is 0 Å². The van der Waals surface area contributed by atoms with Crippen LogP contribution in [0.25, 0.3) is 21.7 Å². The van der Waals surface area contributed by atoms with Crippen LogP contribution in [0, 0.1) is 13.8 Å². The second kappa shape index (κ2) is 8.49. The molecule has 0 bridgehead atoms. The van der Waals surface area contributed by atoms with Crippen molar-refractivity contribution in [3.05, 3.63) is 94.8 Å². The minimum Gasteiger partial charge on any atom is -0.262 e. The SMILES string of the molecule is Cc1cccc(-c2nc(CCCc3ccccc3)sc2-c2ccnc(C)c2)c1. The maximum absolute atomic E-state index is 5.06. The van der Waals surface area contributed by atoms with E-state index in [0.717, 1.165) is 30.7 Å². The maximum atomic E-state index is 5.06. The van der Waals surface area contributed by atoms with Crippen molar-refractivity contribution in [2.45, 2.75) is 33.1 Å². The molecule has 2 aromatic heterocycles. The van der Waals surface area contributed by atoms with E-state index in [-0.39, 0.29) is 0 Å². The molecule has 0 fully saturated rings. The summed E-state index contributed by atoms with van der Waals surface area (Å²) in [6.45, 7) is 4.17. The minimum absolute atomic E-state index is 1.00. The topological polar surface area (TPSA) is 25.8 Å². The van der Waals surface area contributed by atoms with Crippen molar-refractivity contribution >= 4 is 11.3 Å². The Balaban J connectivity index is 1.64. The number of hydrogen-bond acceptors (Lipinski definition) is 3. The normalized spacial score (nSPS) is 10.9. The van der Waals surface area contributed by atoms with Gasteiger partial charge in [0.25, 0.3) is 0 Å². The molecule has 28 heavy (non-hydrogen) atoms. The molecule has 0 amide bonds. The summed E-state index contributed by atoms with van der Waals surface area (Å²) in [6, 6.07) is 23.6. The molecule has 0 saturated heterocycles. The molecule has 0 radical (unpaired) electrons. The Morgan fingerprint density at radius 3 is 2.46 bits per heavy atom. The van der Waals surface area contributed by atoms with Gasteiger partial charge in [-0.25, -0.2) is 4.98 Å². The molecule has 0 saturated carbocycles. The Morgan fingerprint density at radius 1 is 0.821 bits per heavy atom. The zero-order valence-corrected chi connectivity index (χ0v) is 17.2. The van der Waals surface area contributed by atoms with Gasteiger partial charge in [-0.1, -0.05) is 54.1 Å². The van der Waals surface area contributed by atoms with Crippen molar-refractivity contribution in [2.24, 2.45) is 0 Å². The standard InChI is InChI=1S/C25H24N2S/c1-18-8-6-12-21(16-18)24-25(22-14-15-26-19(2)17-22)28-23(27-24)13-7-11-20-9-4-3-5-10-20/h3-6,8-10,12,14-17H,7,11,13H2,1-2H3. The van der Waals surface area contributed by atoms with Gasteiger partial charge in [0, 0.05) is 17.5 Å². The van der Waals surface area contributed by atoms with Crippen LogP contribution in [0.5, 0.6) is 0 Å². The molecule has 0 aliphatic heterocycles. The Bertz CT molecular complexity index is 1000. The Kier molecular flexibility index (Phi) is 5.63. The fraction of sp³-hybridized carbons (Fsp3) is 0.200. The molecule has 2 aromatic carbocycles. The van der Waals surface area contributed by atoms with Gasteiger partial charge in [0.15, 0.2) is 0 Å². The molecule has 2 nitrogen and oxygen atoms in total. The molecule has 4 aromatic rings. The van der Waals surface area contributed by atoms with Crippen molar-refractivity contribution in [3.8, 4) is 21.7 Å². The number of aryl methyl sites for hydroxylation is 4. The first kappa shape index (κ1) is 18.6. The highest BCUT2D eigenvalue weighted by Gasteiger charge is 2.15. The predicted octanol–water partition coefficient (Wildman–Crippen LogP) is 6.66. The molecule has 0 N–H and O–H groups in total. The number of aromatic nitrogens is 2. The van der Waals surface area contributed by atoms with Crippen molar-refractivity contribution in [1.29, 1.82) is 0 Å². The Labute approximate surface area is 171 Å². The number of pyridine rings is 1. The van der Waals surface area contributed by atoms with Crippen LogP contribution in [0.1, 0.15) is 28.2 Å². The van der Waals surface area contributed by atoms with E-state index >= 15 is 0 Å². The lowest BCUT2D eigenvalue weighted by Gasteiger charge is -2.04. The summed E-state index contributed by atoms with van der Waals surface area (Å²) in [5.41, 5.74) is 7.17. The van der Waals surface area contributed by atoms with Gasteiger partial charge < -0.3 is 0 Å². The van der Waals surface area contributed by atoms with Gasteiger partial charge in [0.05, 0.1) is 15.6 Å². The molecule has 4 rings (SSSR count). The zero-order chi connectivity index (χ0) is 19.3. The largest absolute Gasteiger partial charge is 0.262 e. The lowest BCUT2D eigenvalue weighted by Crippen LogP contribution is -1.90. The third-order valence-electron chi connectivity index (χ3n) is 4.82. The number of hydrogen-bond donors (Lipinski definition) is 0. The van der Waals surface area contributed by atoms with Gasteiger partial charge >= 0.3 is 0 Å². The van der Waals surface area contributed by atoms with E-state index in [0.29, 0.717) is 0 Å². The Morgan fingerprint density at radius 2 is 1.68 bits per heavy atom. The van der Waals surface area contributed by atoms with Crippen LogP contribution in [-0.4, -0.2) is 9.97 Å². The Hall–Kier alpha value is -2.78. The predicted molar refractivity (Wildman–Crippen MR) is 119 cm³/mol. The zero-order valence-electron chi connectivity index (χ0n) is 16.4. The fourth-order valence-electron chi connectivity index (χ4n) is 3.43. The van der Waals surface area contributed by atoms with E-state index in [1.54, 1.807) is 0 Å². The van der Waals surface area contributed by atoms with E-state index in [1.165, 1.54) is 32.1 Å². The maximum Gasteiger partial charge on any atom is 0.0939 e. The summed E-state index contributed by atoms with van der Waals surface area (Å²) < 4.78 is 0. The fourth-order valence-corrected chi connectivity index (χ4v) is 4.55. The molecule has 2 heterocycles. The average molecular weight is 385 g/mol. The lowest BCUT2D eigenvalue weighted by molar-refractivity contribution is 0.815. The first-order chi connectivity index (χ1) is 13.7. The third kappa shape index (κ3) is 4.37. The summed E-state index contributed by atoms with van der Waals surface area (Å²) in [5, 5.41) is 1.21. The van der Waals surface area contributed by atoms with Crippen molar-refractivity contribution in [1.82, 2.24) is 9.97 Å². The quantitative estimate of drug-likeness (QED) is 0.371.